The number of nitrogens with one attached hydrogen (secondary N) is 1. The Bertz CT molecular complexity index is 373. The van der Waals surface area contributed by atoms with Crippen molar-refractivity contribution in [3.8, 4) is 0 Å². The number of anilines is 1. The van der Waals surface area contributed by atoms with Crippen LogP contribution >= 0.6 is 0 Å². The van der Waals surface area contributed by atoms with Crippen molar-refractivity contribution in [2.45, 2.75) is 32.7 Å². The van der Waals surface area contributed by atoms with Gasteiger partial charge in [-0.25, -0.2) is 0 Å². The van der Waals surface area contributed by atoms with Crippen LogP contribution < -0.4 is 16.0 Å². The van der Waals surface area contributed by atoms with Gasteiger partial charge >= 0.3 is 0 Å². The lowest BCUT2D eigenvalue weighted by atomic mass is 10.2. The normalized spacial score (nSPS) is 11.7. The van der Waals surface area contributed by atoms with E-state index in [1.807, 2.05) is 6.07 Å². The number of hydrogen-bond donors (Lipinski definition) is 2. The van der Waals surface area contributed by atoms with Crippen molar-refractivity contribution in [1.29, 1.82) is 0 Å². The Morgan fingerprint density at radius 2 is 1.95 bits per heavy atom. The van der Waals surface area contributed by atoms with Gasteiger partial charge in [0.25, 0.3) is 0 Å². The third-order valence-corrected chi connectivity index (χ3v) is 2.82. The van der Waals surface area contributed by atoms with Gasteiger partial charge in [-0.1, -0.05) is 18.2 Å². The van der Waals surface area contributed by atoms with Gasteiger partial charge in [0.15, 0.2) is 5.96 Å². The van der Waals surface area contributed by atoms with Crippen LogP contribution in [0.2, 0.25) is 0 Å². The molecule has 0 saturated carbocycles. The van der Waals surface area contributed by atoms with Gasteiger partial charge in [-0.2, -0.15) is 0 Å². The first kappa shape index (κ1) is 15.3. The summed E-state index contributed by atoms with van der Waals surface area (Å²) >= 11 is 0. The summed E-state index contributed by atoms with van der Waals surface area (Å²) in [4.78, 5) is 6.56. The molecule has 0 heterocycles. The lowest BCUT2D eigenvalue weighted by molar-refractivity contribution is 0.705. The Labute approximate surface area is 116 Å². The van der Waals surface area contributed by atoms with E-state index in [1.54, 1.807) is 0 Å². The average molecular weight is 262 g/mol. The summed E-state index contributed by atoms with van der Waals surface area (Å²) < 4.78 is 0. The van der Waals surface area contributed by atoms with Gasteiger partial charge in [0.05, 0.1) is 0 Å². The standard InChI is InChI=1S/C15H26N4/c1-13(2)18-15(16)17-11-7-8-12-19(3)14-9-5-4-6-10-14/h4-6,9-10,13H,7-8,11-12H2,1-3H3,(H3,16,17,18). The lowest BCUT2D eigenvalue weighted by Crippen LogP contribution is -2.36. The van der Waals surface area contributed by atoms with E-state index >= 15 is 0 Å². The largest absolute Gasteiger partial charge is 0.375 e. The fourth-order valence-corrected chi connectivity index (χ4v) is 1.81. The molecule has 0 saturated heterocycles. The second kappa shape index (κ2) is 8.40. The maximum atomic E-state index is 5.74. The Hall–Kier alpha value is -1.71. The van der Waals surface area contributed by atoms with Crippen LogP contribution in [0.5, 0.6) is 0 Å². The van der Waals surface area contributed by atoms with E-state index in [0.29, 0.717) is 12.0 Å². The number of nitrogens with two attached hydrogens (primary N) is 1. The molecule has 0 aliphatic carbocycles. The van der Waals surface area contributed by atoms with E-state index in [1.165, 1.54) is 5.69 Å². The monoisotopic (exact) mass is 262 g/mol. The van der Waals surface area contributed by atoms with E-state index < -0.39 is 0 Å². The van der Waals surface area contributed by atoms with E-state index in [-0.39, 0.29) is 0 Å². The summed E-state index contributed by atoms with van der Waals surface area (Å²) in [7, 11) is 2.12. The highest BCUT2D eigenvalue weighted by Crippen LogP contribution is 2.11. The average Bonchev–Trinajstić information content (AvgIpc) is 2.38. The van der Waals surface area contributed by atoms with Crippen LogP contribution in [0.25, 0.3) is 0 Å². The topological polar surface area (TPSA) is 53.6 Å². The third kappa shape index (κ3) is 6.70. The molecule has 0 aliphatic heterocycles. The van der Waals surface area contributed by atoms with E-state index in [2.05, 4.69) is 60.4 Å². The van der Waals surface area contributed by atoms with E-state index in [0.717, 1.165) is 25.9 Å². The van der Waals surface area contributed by atoms with Crippen LogP contribution in [0.1, 0.15) is 26.7 Å². The number of benzene rings is 1. The zero-order valence-electron chi connectivity index (χ0n) is 12.3. The molecule has 1 rings (SSSR count). The van der Waals surface area contributed by atoms with Crippen LogP contribution in [0.4, 0.5) is 5.69 Å². The summed E-state index contributed by atoms with van der Waals surface area (Å²) in [6, 6.07) is 10.8. The molecule has 4 nitrogen and oxygen atoms in total. The molecular formula is C15H26N4. The molecule has 1 aromatic rings. The smallest absolute Gasteiger partial charge is 0.188 e. The molecule has 3 N–H and O–H groups in total. The Kier molecular flexibility index (Phi) is 6.79. The van der Waals surface area contributed by atoms with Crippen LogP contribution in [-0.4, -0.2) is 32.1 Å². The van der Waals surface area contributed by atoms with Gasteiger partial charge in [0.2, 0.25) is 0 Å². The van der Waals surface area contributed by atoms with Crippen molar-refractivity contribution in [2.75, 3.05) is 25.0 Å². The van der Waals surface area contributed by atoms with Crippen LogP contribution in [-0.2, 0) is 0 Å². The zero-order chi connectivity index (χ0) is 14.1. The molecule has 1 aromatic carbocycles. The Morgan fingerprint density at radius 3 is 2.58 bits per heavy atom. The summed E-state index contributed by atoms with van der Waals surface area (Å²) in [5, 5.41) is 3.09. The molecule has 0 radical (unpaired) electrons. The van der Waals surface area contributed by atoms with Crippen LogP contribution in [0.15, 0.2) is 35.3 Å². The SMILES string of the molecule is CC(C)NC(N)=NCCCCN(C)c1ccccc1. The molecule has 0 amide bonds. The van der Waals surface area contributed by atoms with E-state index in [4.69, 9.17) is 5.73 Å². The molecule has 0 unspecified atom stereocenters. The molecule has 0 bridgehead atoms. The summed E-state index contributed by atoms with van der Waals surface area (Å²) in [5.74, 6) is 0.548. The van der Waals surface area contributed by atoms with Crippen molar-refractivity contribution in [1.82, 2.24) is 5.32 Å². The second-order valence-electron chi connectivity index (χ2n) is 5.03. The Balaban J connectivity index is 2.17. The summed E-state index contributed by atoms with van der Waals surface area (Å²) in [6.07, 6.45) is 2.17. The number of guanidine groups is 1. The number of rotatable bonds is 7. The second-order valence-corrected chi connectivity index (χ2v) is 5.03. The Morgan fingerprint density at radius 1 is 1.26 bits per heavy atom. The van der Waals surface area contributed by atoms with Gasteiger partial charge in [0.1, 0.15) is 0 Å². The van der Waals surface area contributed by atoms with Crippen molar-refractivity contribution in [3.05, 3.63) is 30.3 Å². The molecule has 0 atom stereocenters. The summed E-state index contributed by atoms with van der Waals surface area (Å²) in [6.45, 7) is 5.93. The minimum atomic E-state index is 0.341. The minimum absolute atomic E-state index is 0.341. The highest BCUT2D eigenvalue weighted by molar-refractivity contribution is 5.77. The molecule has 0 aliphatic rings. The number of aliphatic imine (C=N–C) groups is 1. The predicted octanol–water partition coefficient (Wildman–Crippen LogP) is 2.22. The maximum Gasteiger partial charge on any atom is 0.188 e. The molecule has 19 heavy (non-hydrogen) atoms. The first-order valence-corrected chi connectivity index (χ1v) is 6.92. The summed E-state index contributed by atoms with van der Waals surface area (Å²) in [5.41, 5.74) is 6.99. The van der Waals surface area contributed by atoms with Crippen LogP contribution in [0.3, 0.4) is 0 Å². The highest BCUT2D eigenvalue weighted by Gasteiger charge is 1.99. The first-order chi connectivity index (χ1) is 9.09. The number of unbranched alkanes of at least 4 members (excludes halogenated alkanes) is 1. The molecule has 106 valence electrons. The maximum absolute atomic E-state index is 5.74. The van der Waals surface area contributed by atoms with E-state index in [9.17, 15) is 0 Å². The molecule has 0 fully saturated rings. The van der Waals surface area contributed by atoms with Crippen molar-refractivity contribution in [3.63, 3.8) is 0 Å². The predicted molar refractivity (Wildman–Crippen MR) is 83.7 cm³/mol. The van der Waals surface area contributed by atoms with Crippen molar-refractivity contribution < 1.29 is 0 Å². The van der Waals surface area contributed by atoms with Gasteiger partial charge in [-0.05, 0) is 38.8 Å². The minimum Gasteiger partial charge on any atom is -0.375 e. The molecule has 4 heteroatoms. The molecule has 0 aromatic heterocycles. The van der Waals surface area contributed by atoms with Gasteiger partial charge in [0, 0.05) is 31.9 Å². The van der Waals surface area contributed by atoms with Crippen LogP contribution in [0, 0.1) is 0 Å². The number of hydrogen-bond acceptors (Lipinski definition) is 2. The number of nitrogens with zero attached hydrogens (tertiary/aromatic N) is 2. The fourth-order valence-electron chi connectivity index (χ4n) is 1.81. The molecular weight excluding hydrogens is 236 g/mol. The molecule has 0 spiro atoms. The quantitative estimate of drug-likeness (QED) is 0.450. The highest BCUT2D eigenvalue weighted by atomic mass is 15.1. The third-order valence-electron chi connectivity index (χ3n) is 2.82. The van der Waals surface area contributed by atoms with Gasteiger partial charge in [-0.3, -0.25) is 4.99 Å². The fraction of sp³-hybridized carbons (Fsp3) is 0.533. The van der Waals surface area contributed by atoms with Gasteiger partial charge in [-0.15, -0.1) is 0 Å². The first-order valence-electron chi connectivity index (χ1n) is 6.92. The zero-order valence-corrected chi connectivity index (χ0v) is 12.3. The van der Waals surface area contributed by atoms with Crippen molar-refractivity contribution in [2.24, 2.45) is 10.7 Å². The van der Waals surface area contributed by atoms with Crippen molar-refractivity contribution >= 4 is 11.6 Å². The van der Waals surface area contributed by atoms with Gasteiger partial charge < -0.3 is 16.0 Å². The lowest BCUT2D eigenvalue weighted by Gasteiger charge is -2.18. The number of para-hydroxylation sites is 1.